The number of hydrogen-bond acceptors (Lipinski definition) is 8. The average molecular weight is 556 g/mol. The van der Waals surface area contributed by atoms with Crippen LogP contribution in [0.3, 0.4) is 0 Å². The quantitative estimate of drug-likeness (QED) is 0.110. The highest BCUT2D eigenvalue weighted by molar-refractivity contribution is 9.10. The summed E-state index contributed by atoms with van der Waals surface area (Å²) in [7, 11) is 0. The van der Waals surface area contributed by atoms with Gasteiger partial charge in [-0.05, 0) is 62.6 Å². The first-order chi connectivity index (χ1) is 16.6. The van der Waals surface area contributed by atoms with Crippen molar-refractivity contribution in [3.63, 3.8) is 0 Å². The Hall–Kier alpha value is -4.34. The molecule has 0 fully saturated rings. The number of carbonyl (C=O) groups is 2. The summed E-state index contributed by atoms with van der Waals surface area (Å²) < 4.78 is 55.9. The number of anilines is 2. The lowest BCUT2D eigenvalue weighted by molar-refractivity contribution is -0.199. The van der Waals surface area contributed by atoms with Crippen molar-refractivity contribution in [3.8, 4) is 0 Å². The van der Waals surface area contributed by atoms with Crippen molar-refractivity contribution in [2.75, 3.05) is 10.6 Å². The monoisotopic (exact) mass is 555 g/mol. The molecule has 0 aliphatic carbocycles. The van der Waals surface area contributed by atoms with E-state index in [0.717, 1.165) is 6.07 Å². The van der Waals surface area contributed by atoms with Crippen LogP contribution < -0.4 is 10.6 Å². The predicted octanol–water partition coefficient (Wildman–Crippen LogP) is 3.98. The molecule has 3 N–H and O–H groups in total. The molecular weight excluding hydrogens is 546 g/mol. The second-order valence-electron chi connectivity index (χ2n) is 6.62. The first-order valence-electron chi connectivity index (χ1n) is 9.27. The van der Waals surface area contributed by atoms with Crippen molar-refractivity contribution in [3.05, 3.63) is 64.3 Å². The van der Waals surface area contributed by atoms with Crippen LogP contribution in [0.25, 0.3) is 11.0 Å². The molecule has 0 saturated heterocycles. The van der Waals surface area contributed by atoms with Crippen molar-refractivity contribution in [2.24, 2.45) is 5.16 Å². The van der Waals surface area contributed by atoms with Gasteiger partial charge in [-0.25, -0.2) is 18.8 Å². The summed E-state index contributed by atoms with van der Waals surface area (Å²) in [5.74, 6) is -4.91. The van der Waals surface area contributed by atoms with Gasteiger partial charge in [0.25, 0.3) is 5.91 Å². The van der Waals surface area contributed by atoms with Gasteiger partial charge >= 0.3 is 12.1 Å². The van der Waals surface area contributed by atoms with Crippen molar-refractivity contribution in [1.29, 1.82) is 0 Å². The van der Waals surface area contributed by atoms with Crippen LogP contribution in [0.15, 0.2) is 57.0 Å². The Morgan fingerprint density at radius 3 is 2.66 bits per heavy atom. The number of oxime groups is 1. The second-order valence-corrected chi connectivity index (χ2v) is 7.47. The van der Waals surface area contributed by atoms with E-state index in [1.165, 1.54) is 30.6 Å². The van der Waals surface area contributed by atoms with Crippen molar-refractivity contribution in [1.82, 2.24) is 20.3 Å². The number of hydrogen-bond donors (Lipinski definition) is 3. The number of carbonyl (C=O) groups excluding carboxylic acids is 2. The van der Waals surface area contributed by atoms with Gasteiger partial charge in [0.05, 0.1) is 21.8 Å². The molecule has 0 atom stereocenters. The van der Waals surface area contributed by atoms with E-state index in [1.807, 2.05) is 0 Å². The van der Waals surface area contributed by atoms with Crippen LogP contribution in [0.1, 0.15) is 16.1 Å². The van der Waals surface area contributed by atoms with E-state index < -0.39 is 35.4 Å². The van der Waals surface area contributed by atoms with Crippen LogP contribution in [0.5, 0.6) is 0 Å². The Balaban J connectivity index is 1.64. The number of aromatic nitrogens is 4. The molecule has 0 radical (unpaired) electrons. The van der Waals surface area contributed by atoms with Gasteiger partial charge in [0.2, 0.25) is 11.7 Å². The van der Waals surface area contributed by atoms with Crippen LogP contribution in [-0.2, 0) is 9.63 Å². The number of imidazole rings is 1. The van der Waals surface area contributed by atoms with Gasteiger partial charge < -0.3 is 20.5 Å². The molecule has 2 aromatic carbocycles. The minimum absolute atomic E-state index is 0.00898. The van der Waals surface area contributed by atoms with Crippen molar-refractivity contribution in [2.45, 2.75) is 6.18 Å². The molecule has 0 bridgehead atoms. The van der Waals surface area contributed by atoms with Gasteiger partial charge in [0, 0.05) is 11.3 Å². The third-order valence-corrected chi connectivity index (χ3v) is 4.87. The zero-order chi connectivity index (χ0) is 25.2. The summed E-state index contributed by atoms with van der Waals surface area (Å²) in [5.41, 5.74) is 1.02. The van der Waals surface area contributed by atoms with Gasteiger partial charge in [0.15, 0.2) is 5.69 Å². The highest BCUT2D eigenvalue weighted by Gasteiger charge is 2.42. The highest BCUT2D eigenvalue weighted by Crippen LogP contribution is 2.23. The Kier molecular flexibility index (Phi) is 6.46. The molecule has 2 aromatic heterocycles. The molecule has 4 rings (SSSR count). The second kappa shape index (κ2) is 9.49. The Morgan fingerprint density at radius 2 is 1.91 bits per heavy atom. The van der Waals surface area contributed by atoms with Crippen molar-refractivity contribution >= 4 is 56.2 Å². The maximum absolute atomic E-state index is 13.5. The fraction of sp³-hybridized carbons (Fsp3) is 0.0526. The molecule has 0 unspecified atom stereocenters. The number of nitrogens with zero attached hydrogens (tertiary/aromatic N) is 4. The molecular formula is C19H10BrF4N7O4. The zero-order valence-corrected chi connectivity index (χ0v) is 18.4. The maximum atomic E-state index is 13.5. The molecule has 1 amide bonds. The summed E-state index contributed by atoms with van der Waals surface area (Å²) in [6, 6.07) is 8.05. The number of nitrogens with one attached hydrogen (secondary N) is 3. The SMILES string of the molecule is O=C(Nc1nonc1/C(=N\OC(=O)C(F)(F)F)Nc1ccc(F)c(Br)c1)c1ccc2[nH]cnc2c1. The summed E-state index contributed by atoms with van der Waals surface area (Å²) in [5, 5.41) is 15.1. The zero-order valence-electron chi connectivity index (χ0n) is 16.9. The molecule has 0 saturated carbocycles. The van der Waals surface area contributed by atoms with E-state index in [-0.39, 0.29) is 21.5 Å². The molecule has 11 nitrogen and oxygen atoms in total. The predicted molar refractivity (Wildman–Crippen MR) is 115 cm³/mol. The summed E-state index contributed by atoms with van der Waals surface area (Å²) in [6.45, 7) is 0. The van der Waals surface area contributed by atoms with E-state index in [1.54, 1.807) is 6.07 Å². The summed E-state index contributed by atoms with van der Waals surface area (Å²) in [6.07, 6.45) is -3.89. The lowest BCUT2D eigenvalue weighted by Crippen LogP contribution is -2.25. The van der Waals surface area contributed by atoms with E-state index in [0.29, 0.717) is 11.0 Å². The van der Waals surface area contributed by atoms with Crippen molar-refractivity contribution < 1.29 is 36.6 Å². The molecule has 35 heavy (non-hydrogen) atoms. The van der Waals surface area contributed by atoms with Crippen LogP contribution in [0, 0.1) is 5.82 Å². The number of amidine groups is 1. The number of fused-ring (bicyclic) bond motifs is 1. The molecule has 0 aliphatic rings. The molecule has 2 heterocycles. The Morgan fingerprint density at radius 1 is 1.11 bits per heavy atom. The normalized spacial score (nSPS) is 12.0. The van der Waals surface area contributed by atoms with Gasteiger partial charge in [-0.2, -0.15) is 13.2 Å². The number of alkyl halides is 3. The topological polar surface area (TPSA) is 147 Å². The fourth-order valence-corrected chi connectivity index (χ4v) is 3.03. The molecule has 180 valence electrons. The maximum Gasteiger partial charge on any atom is 0.493 e. The third kappa shape index (κ3) is 5.43. The standard InChI is InChI=1S/C19H10BrF4N7O4/c20-10-6-9(2-3-11(10)21)27-15(30-34-18(33)19(22,23)24)14-16(31-35-29-14)28-17(32)8-1-4-12-13(5-8)26-7-25-12/h1-7H,(H,25,26)(H,27,30)(H,28,31,32). The third-order valence-electron chi connectivity index (χ3n) is 4.26. The summed E-state index contributed by atoms with van der Waals surface area (Å²) >= 11 is 2.96. The van der Waals surface area contributed by atoms with E-state index >= 15 is 0 Å². The van der Waals surface area contributed by atoms with Gasteiger partial charge in [-0.1, -0.05) is 5.16 Å². The van der Waals surface area contributed by atoms with E-state index in [4.69, 9.17) is 0 Å². The lowest BCUT2D eigenvalue weighted by Gasteiger charge is -2.10. The van der Waals surface area contributed by atoms with E-state index in [2.05, 4.69) is 61.5 Å². The first kappa shape index (κ1) is 23.8. The number of rotatable bonds is 5. The minimum atomic E-state index is -5.34. The Labute approximate surface area is 199 Å². The summed E-state index contributed by atoms with van der Waals surface area (Å²) in [4.78, 5) is 34.7. The fourth-order valence-electron chi connectivity index (χ4n) is 2.65. The minimum Gasteiger partial charge on any atom is -0.345 e. The molecule has 16 heteroatoms. The number of benzene rings is 2. The molecule has 0 aliphatic heterocycles. The van der Waals surface area contributed by atoms with Gasteiger partial charge in [-0.15, -0.1) is 0 Å². The number of halogens is 5. The van der Waals surface area contributed by atoms with Crippen LogP contribution in [-0.4, -0.2) is 44.2 Å². The smallest absolute Gasteiger partial charge is 0.345 e. The van der Waals surface area contributed by atoms with Crippen LogP contribution in [0.4, 0.5) is 29.1 Å². The average Bonchev–Trinajstić information content (AvgIpc) is 3.47. The van der Waals surface area contributed by atoms with Crippen LogP contribution in [0.2, 0.25) is 0 Å². The molecule has 4 aromatic rings. The van der Waals surface area contributed by atoms with Gasteiger partial charge in [-0.3, -0.25) is 4.79 Å². The molecule has 0 spiro atoms. The highest BCUT2D eigenvalue weighted by atomic mass is 79.9. The largest absolute Gasteiger partial charge is 0.493 e. The number of amides is 1. The first-order valence-corrected chi connectivity index (χ1v) is 10.1. The lowest BCUT2D eigenvalue weighted by atomic mass is 10.2. The van der Waals surface area contributed by atoms with Gasteiger partial charge in [0.1, 0.15) is 5.82 Å². The number of aromatic amines is 1. The number of H-pyrrole nitrogens is 1. The van der Waals surface area contributed by atoms with E-state index in [9.17, 15) is 27.2 Å². The Bertz CT molecular complexity index is 1450. The van der Waals surface area contributed by atoms with Crippen LogP contribution >= 0.6 is 15.9 Å².